The summed E-state index contributed by atoms with van der Waals surface area (Å²) in [6.07, 6.45) is 2.14. The Morgan fingerprint density at radius 2 is 1.89 bits per heavy atom. The molecule has 0 aliphatic carbocycles. The molecule has 0 unspecified atom stereocenters. The molecular formula is C21H22BrNO4S. The predicted octanol–water partition coefficient (Wildman–Crippen LogP) is 4.53. The molecule has 0 bridgehead atoms. The zero-order chi connectivity index (χ0) is 19.9. The first-order valence-electron chi connectivity index (χ1n) is 9.07. The van der Waals surface area contributed by atoms with E-state index in [0.717, 1.165) is 46.6 Å². The molecule has 0 aromatic heterocycles. The molecule has 148 valence electrons. The zero-order valence-corrected chi connectivity index (χ0v) is 18.1. The molecule has 0 radical (unpaired) electrons. The van der Waals surface area contributed by atoms with Crippen molar-refractivity contribution in [3.8, 4) is 5.75 Å². The van der Waals surface area contributed by atoms with Gasteiger partial charge in [0, 0.05) is 18.0 Å². The number of nitrogens with zero attached hydrogens (tertiary/aromatic N) is 1. The highest BCUT2D eigenvalue weighted by Crippen LogP contribution is 2.27. The Morgan fingerprint density at radius 1 is 1.14 bits per heavy atom. The summed E-state index contributed by atoms with van der Waals surface area (Å²) < 4.78 is 11.5. The highest BCUT2D eigenvalue weighted by Gasteiger charge is 2.19. The van der Waals surface area contributed by atoms with Gasteiger partial charge in [0.25, 0.3) is 0 Å². The van der Waals surface area contributed by atoms with E-state index in [9.17, 15) is 9.59 Å². The van der Waals surface area contributed by atoms with Crippen LogP contribution in [-0.4, -0.2) is 42.7 Å². The lowest BCUT2D eigenvalue weighted by atomic mass is 10.2. The molecule has 1 amide bonds. The number of likely N-dealkylation sites (tertiary alicyclic amines) is 1. The maximum atomic E-state index is 12.6. The predicted molar refractivity (Wildman–Crippen MR) is 113 cm³/mol. The first kappa shape index (κ1) is 20.7. The summed E-state index contributed by atoms with van der Waals surface area (Å²) >= 11 is 4.81. The molecule has 3 rings (SSSR count). The SMILES string of the molecule is COc1ccc(COC(=O)c2ccccc2SCC(=O)N2CCCC2)cc1Br. The Balaban J connectivity index is 1.60. The van der Waals surface area contributed by atoms with E-state index in [-0.39, 0.29) is 12.5 Å². The smallest absolute Gasteiger partial charge is 0.339 e. The average molecular weight is 464 g/mol. The minimum atomic E-state index is -0.399. The number of esters is 1. The molecule has 2 aromatic carbocycles. The van der Waals surface area contributed by atoms with Crippen molar-refractivity contribution in [2.45, 2.75) is 24.3 Å². The van der Waals surface area contributed by atoms with E-state index in [2.05, 4.69) is 15.9 Å². The van der Waals surface area contributed by atoms with Crippen molar-refractivity contribution in [3.05, 3.63) is 58.1 Å². The summed E-state index contributed by atoms with van der Waals surface area (Å²) in [7, 11) is 1.60. The summed E-state index contributed by atoms with van der Waals surface area (Å²) in [4.78, 5) is 27.5. The fraction of sp³-hybridized carbons (Fsp3) is 0.333. The van der Waals surface area contributed by atoms with E-state index in [1.807, 2.05) is 35.2 Å². The van der Waals surface area contributed by atoms with Gasteiger partial charge < -0.3 is 14.4 Å². The van der Waals surface area contributed by atoms with Gasteiger partial charge in [-0.3, -0.25) is 4.79 Å². The molecule has 2 aromatic rings. The molecule has 1 fully saturated rings. The second-order valence-corrected chi connectivity index (χ2v) is 8.29. The Hall–Kier alpha value is -1.99. The van der Waals surface area contributed by atoms with Crippen LogP contribution in [0.2, 0.25) is 0 Å². The molecule has 28 heavy (non-hydrogen) atoms. The number of carbonyl (C=O) groups is 2. The summed E-state index contributed by atoms with van der Waals surface area (Å²) in [5.74, 6) is 0.771. The lowest BCUT2D eigenvalue weighted by Gasteiger charge is -2.15. The van der Waals surface area contributed by atoms with E-state index in [0.29, 0.717) is 11.3 Å². The maximum Gasteiger partial charge on any atom is 0.339 e. The fourth-order valence-corrected chi connectivity index (χ4v) is 4.52. The van der Waals surface area contributed by atoms with Crippen molar-refractivity contribution in [1.82, 2.24) is 4.90 Å². The van der Waals surface area contributed by atoms with Gasteiger partial charge in [0.1, 0.15) is 12.4 Å². The Bertz CT molecular complexity index is 852. The second-order valence-electron chi connectivity index (χ2n) is 6.42. The number of carbonyl (C=O) groups excluding carboxylic acids is 2. The van der Waals surface area contributed by atoms with Gasteiger partial charge in [-0.15, -0.1) is 11.8 Å². The number of hydrogen-bond donors (Lipinski definition) is 0. The molecule has 1 saturated heterocycles. The van der Waals surface area contributed by atoms with Crippen LogP contribution < -0.4 is 4.74 Å². The number of hydrogen-bond acceptors (Lipinski definition) is 5. The van der Waals surface area contributed by atoms with Crippen LogP contribution in [0.1, 0.15) is 28.8 Å². The van der Waals surface area contributed by atoms with E-state index < -0.39 is 5.97 Å². The van der Waals surface area contributed by atoms with Crippen LogP contribution in [0, 0.1) is 0 Å². The highest BCUT2D eigenvalue weighted by molar-refractivity contribution is 9.10. The van der Waals surface area contributed by atoms with Gasteiger partial charge in [0.2, 0.25) is 5.91 Å². The van der Waals surface area contributed by atoms with Crippen LogP contribution in [0.15, 0.2) is 51.8 Å². The standard InChI is InChI=1S/C21H22BrNO4S/c1-26-18-9-8-15(12-17(18)22)13-27-21(25)16-6-2-3-7-19(16)28-14-20(24)23-10-4-5-11-23/h2-3,6-9,12H,4-5,10-11,13-14H2,1H3. The minimum absolute atomic E-state index is 0.119. The van der Waals surface area contributed by atoms with Gasteiger partial charge >= 0.3 is 5.97 Å². The van der Waals surface area contributed by atoms with Gasteiger partial charge in [-0.2, -0.15) is 0 Å². The largest absolute Gasteiger partial charge is 0.496 e. The normalized spacial score (nSPS) is 13.4. The van der Waals surface area contributed by atoms with Gasteiger partial charge in [-0.1, -0.05) is 18.2 Å². The van der Waals surface area contributed by atoms with Crippen molar-refractivity contribution >= 4 is 39.6 Å². The van der Waals surface area contributed by atoms with Crippen LogP contribution in [0.25, 0.3) is 0 Å². The molecule has 7 heteroatoms. The number of amides is 1. The molecule has 5 nitrogen and oxygen atoms in total. The summed E-state index contributed by atoms with van der Waals surface area (Å²) in [5.41, 5.74) is 1.34. The second kappa shape index (κ2) is 9.98. The van der Waals surface area contributed by atoms with Gasteiger partial charge in [0.15, 0.2) is 0 Å². The van der Waals surface area contributed by atoms with Crippen molar-refractivity contribution < 1.29 is 19.1 Å². The van der Waals surface area contributed by atoms with E-state index in [1.54, 1.807) is 19.2 Å². The van der Waals surface area contributed by atoms with Crippen molar-refractivity contribution in [2.75, 3.05) is 26.0 Å². The van der Waals surface area contributed by atoms with E-state index in [4.69, 9.17) is 9.47 Å². The van der Waals surface area contributed by atoms with E-state index in [1.165, 1.54) is 11.8 Å². The van der Waals surface area contributed by atoms with Gasteiger partial charge in [-0.05, 0) is 58.6 Å². The summed E-state index contributed by atoms with van der Waals surface area (Å²) in [6, 6.07) is 12.8. The van der Waals surface area contributed by atoms with Crippen molar-refractivity contribution in [2.24, 2.45) is 0 Å². The van der Waals surface area contributed by atoms with Crippen LogP contribution >= 0.6 is 27.7 Å². The molecule has 1 aliphatic heterocycles. The monoisotopic (exact) mass is 463 g/mol. The summed E-state index contributed by atoms with van der Waals surface area (Å²) in [6.45, 7) is 1.83. The van der Waals surface area contributed by atoms with Crippen LogP contribution in [0.5, 0.6) is 5.75 Å². The van der Waals surface area contributed by atoms with Gasteiger partial charge in [-0.25, -0.2) is 4.79 Å². The number of halogens is 1. The number of rotatable bonds is 7. The highest BCUT2D eigenvalue weighted by atomic mass is 79.9. The summed E-state index contributed by atoms with van der Waals surface area (Å²) in [5, 5.41) is 0. The van der Waals surface area contributed by atoms with Crippen molar-refractivity contribution in [3.63, 3.8) is 0 Å². The van der Waals surface area contributed by atoms with Crippen LogP contribution in [-0.2, 0) is 16.1 Å². The molecule has 1 heterocycles. The van der Waals surface area contributed by atoms with E-state index >= 15 is 0 Å². The average Bonchev–Trinajstić information content (AvgIpc) is 3.25. The Morgan fingerprint density at radius 3 is 2.61 bits per heavy atom. The first-order valence-corrected chi connectivity index (χ1v) is 10.9. The molecule has 0 atom stereocenters. The Kier molecular flexibility index (Phi) is 7.39. The third-order valence-electron chi connectivity index (χ3n) is 4.50. The van der Waals surface area contributed by atoms with Crippen LogP contribution in [0.3, 0.4) is 0 Å². The molecule has 0 N–H and O–H groups in total. The Labute approximate surface area is 177 Å². The fourth-order valence-electron chi connectivity index (χ4n) is 2.98. The van der Waals surface area contributed by atoms with Crippen LogP contribution in [0.4, 0.5) is 0 Å². The molecule has 0 saturated carbocycles. The molecule has 1 aliphatic rings. The number of methoxy groups -OCH3 is 1. The first-order chi connectivity index (χ1) is 13.6. The minimum Gasteiger partial charge on any atom is -0.496 e. The topological polar surface area (TPSA) is 55.8 Å². The lowest BCUT2D eigenvalue weighted by Crippen LogP contribution is -2.29. The number of thioether (sulfide) groups is 1. The number of ether oxygens (including phenoxy) is 2. The lowest BCUT2D eigenvalue weighted by molar-refractivity contribution is -0.127. The van der Waals surface area contributed by atoms with Crippen molar-refractivity contribution in [1.29, 1.82) is 0 Å². The number of benzene rings is 2. The third kappa shape index (κ3) is 5.29. The molecular weight excluding hydrogens is 442 g/mol. The maximum absolute atomic E-state index is 12.6. The van der Waals surface area contributed by atoms with Gasteiger partial charge in [0.05, 0.1) is 22.9 Å². The molecule has 0 spiro atoms. The zero-order valence-electron chi connectivity index (χ0n) is 15.7. The quantitative estimate of drug-likeness (QED) is 0.445. The third-order valence-corrected chi connectivity index (χ3v) is 6.18.